The Morgan fingerprint density at radius 1 is 1.57 bits per heavy atom. The summed E-state index contributed by atoms with van der Waals surface area (Å²) in [6.45, 7) is 4.03. The van der Waals surface area contributed by atoms with Crippen molar-refractivity contribution in [2.24, 2.45) is 0 Å². The summed E-state index contributed by atoms with van der Waals surface area (Å²) < 4.78 is 1.77. The van der Waals surface area contributed by atoms with E-state index in [1.807, 2.05) is 0 Å². The van der Waals surface area contributed by atoms with Gasteiger partial charge >= 0.3 is 0 Å². The fourth-order valence-electron chi connectivity index (χ4n) is 1.24. The average molecular weight is 198 g/mol. The molecule has 0 bridgehead atoms. The van der Waals surface area contributed by atoms with Crippen molar-refractivity contribution in [3.63, 3.8) is 0 Å². The van der Waals surface area contributed by atoms with Gasteiger partial charge in [-0.3, -0.25) is 4.68 Å². The second kappa shape index (κ2) is 6.50. The minimum absolute atomic E-state index is 0.166. The van der Waals surface area contributed by atoms with E-state index >= 15 is 0 Å². The zero-order valence-electron chi connectivity index (χ0n) is 8.56. The Labute approximate surface area is 84.2 Å². The van der Waals surface area contributed by atoms with Crippen LogP contribution in [-0.4, -0.2) is 39.1 Å². The van der Waals surface area contributed by atoms with Gasteiger partial charge in [0.05, 0.1) is 6.61 Å². The first-order valence-corrected chi connectivity index (χ1v) is 5.03. The van der Waals surface area contributed by atoms with Crippen molar-refractivity contribution in [2.75, 3.05) is 13.2 Å². The van der Waals surface area contributed by atoms with E-state index in [2.05, 4.69) is 22.3 Å². The zero-order chi connectivity index (χ0) is 10.2. The van der Waals surface area contributed by atoms with E-state index in [1.165, 1.54) is 6.33 Å². The van der Waals surface area contributed by atoms with Crippen LogP contribution < -0.4 is 5.32 Å². The minimum atomic E-state index is 0.166. The van der Waals surface area contributed by atoms with Crippen LogP contribution in [0, 0.1) is 0 Å². The lowest BCUT2D eigenvalue weighted by Crippen LogP contribution is -2.34. The molecule has 1 aromatic rings. The Morgan fingerprint density at radius 3 is 3.00 bits per heavy atom. The highest BCUT2D eigenvalue weighted by atomic mass is 16.3. The van der Waals surface area contributed by atoms with E-state index < -0.39 is 0 Å². The standard InChI is InChI=1S/C9H18N4O/c1-2-4-11-9(6-14)3-5-13-8-10-7-12-13/h7-9,11,14H,2-6H2,1H3. The predicted molar refractivity (Wildman–Crippen MR) is 53.8 cm³/mol. The predicted octanol–water partition coefficient (Wildman–Crippen LogP) is 0.0287. The molecule has 1 atom stereocenters. The number of hydrogen-bond donors (Lipinski definition) is 2. The highest BCUT2D eigenvalue weighted by Gasteiger charge is 2.05. The molecule has 1 aromatic heterocycles. The molecule has 0 aromatic carbocycles. The van der Waals surface area contributed by atoms with Crippen LogP contribution in [0.2, 0.25) is 0 Å². The summed E-state index contributed by atoms with van der Waals surface area (Å²) in [6.07, 6.45) is 5.17. The maximum Gasteiger partial charge on any atom is 0.137 e. The van der Waals surface area contributed by atoms with Crippen molar-refractivity contribution < 1.29 is 5.11 Å². The third kappa shape index (κ3) is 3.85. The lowest BCUT2D eigenvalue weighted by molar-refractivity contribution is 0.230. The quantitative estimate of drug-likeness (QED) is 0.649. The number of rotatable bonds is 7. The summed E-state index contributed by atoms with van der Waals surface area (Å²) in [5, 5.41) is 16.3. The average Bonchev–Trinajstić information content (AvgIpc) is 2.71. The van der Waals surface area contributed by atoms with Crippen LogP contribution in [-0.2, 0) is 6.54 Å². The summed E-state index contributed by atoms with van der Waals surface area (Å²) in [5.41, 5.74) is 0. The highest BCUT2D eigenvalue weighted by molar-refractivity contribution is 4.66. The third-order valence-electron chi connectivity index (χ3n) is 2.08. The van der Waals surface area contributed by atoms with E-state index in [0.29, 0.717) is 0 Å². The maximum atomic E-state index is 9.07. The van der Waals surface area contributed by atoms with Crippen molar-refractivity contribution >= 4 is 0 Å². The van der Waals surface area contributed by atoms with E-state index in [9.17, 15) is 0 Å². The maximum absolute atomic E-state index is 9.07. The Morgan fingerprint density at radius 2 is 2.43 bits per heavy atom. The van der Waals surface area contributed by atoms with Gasteiger partial charge in [0.15, 0.2) is 0 Å². The Kier molecular flexibility index (Phi) is 5.17. The number of aromatic nitrogens is 3. The number of aryl methyl sites for hydroxylation is 1. The normalized spacial score (nSPS) is 13.0. The third-order valence-corrected chi connectivity index (χ3v) is 2.08. The molecular formula is C9H18N4O. The fourth-order valence-corrected chi connectivity index (χ4v) is 1.24. The molecule has 5 heteroatoms. The SMILES string of the molecule is CCCNC(CO)CCn1cncn1. The lowest BCUT2D eigenvalue weighted by Gasteiger charge is -2.15. The van der Waals surface area contributed by atoms with Crippen LogP contribution in [0.4, 0.5) is 0 Å². The van der Waals surface area contributed by atoms with Crippen LogP contribution >= 0.6 is 0 Å². The second-order valence-electron chi connectivity index (χ2n) is 3.28. The summed E-state index contributed by atoms with van der Waals surface area (Å²) in [4.78, 5) is 3.86. The fraction of sp³-hybridized carbons (Fsp3) is 0.778. The molecule has 0 amide bonds. The minimum Gasteiger partial charge on any atom is -0.395 e. The summed E-state index contributed by atoms with van der Waals surface area (Å²) in [7, 11) is 0. The van der Waals surface area contributed by atoms with Gasteiger partial charge in [0, 0.05) is 12.6 Å². The van der Waals surface area contributed by atoms with Gasteiger partial charge in [0.2, 0.25) is 0 Å². The van der Waals surface area contributed by atoms with Gasteiger partial charge in [-0.2, -0.15) is 5.10 Å². The molecule has 5 nitrogen and oxygen atoms in total. The summed E-state index contributed by atoms with van der Waals surface area (Å²) in [5.74, 6) is 0. The molecule has 0 fully saturated rings. The topological polar surface area (TPSA) is 63.0 Å². The van der Waals surface area contributed by atoms with Crippen LogP contribution in [0.15, 0.2) is 12.7 Å². The molecule has 1 heterocycles. The largest absolute Gasteiger partial charge is 0.395 e. The molecule has 1 unspecified atom stereocenters. The van der Waals surface area contributed by atoms with Gasteiger partial charge in [-0.1, -0.05) is 6.92 Å². The van der Waals surface area contributed by atoms with Gasteiger partial charge in [-0.25, -0.2) is 4.98 Å². The first kappa shape index (κ1) is 11.1. The lowest BCUT2D eigenvalue weighted by atomic mass is 10.2. The molecule has 0 aliphatic rings. The molecular weight excluding hydrogens is 180 g/mol. The van der Waals surface area contributed by atoms with Crippen molar-refractivity contribution in [3.05, 3.63) is 12.7 Å². The molecule has 0 radical (unpaired) electrons. The number of aliphatic hydroxyl groups excluding tert-OH is 1. The number of nitrogens with zero attached hydrogens (tertiary/aromatic N) is 3. The van der Waals surface area contributed by atoms with Crippen LogP contribution in [0.5, 0.6) is 0 Å². The van der Waals surface area contributed by atoms with Gasteiger partial charge < -0.3 is 10.4 Å². The van der Waals surface area contributed by atoms with Crippen molar-refractivity contribution in [1.29, 1.82) is 0 Å². The molecule has 0 aliphatic carbocycles. The molecule has 0 saturated heterocycles. The van der Waals surface area contributed by atoms with Gasteiger partial charge in [-0.15, -0.1) is 0 Å². The van der Waals surface area contributed by atoms with E-state index in [4.69, 9.17) is 5.11 Å². The van der Waals surface area contributed by atoms with Crippen LogP contribution in [0.3, 0.4) is 0 Å². The summed E-state index contributed by atoms with van der Waals surface area (Å²) in [6, 6.07) is 0.166. The highest BCUT2D eigenvalue weighted by Crippen LogP contribution is 1.94. The smallest absolute Gasteiger partial charge is 0.137 e. The number of aliphatic hydroxyl groups is 1. The second-order valence-corrected chi connectivity index (χ2v) is 3.28. The van der Waals surface area contributed by atoms with Crippen LogP contribution in [0.1, 0.15) is 19.8 Å². The number of hydrogen-bond acceptors (Lipinski definition) is 4. The molecule has 2 N–H and O–H groups in total. The molecule has 0 aliphatic heterocycles. The number of nitrogens with one attached hydrogen (secondary N) is 1. The molecule has 0 saturated carbocycles. The van der Waals surface area contributed by atoms with Crippen molar-refractivity contribution in [3.8, 4) is 0 Å². The van der Waals surface area contributed by atoms with E-state index in [-0.39, 0.29) is 12.6 Å². The van der Waals surface area contributed by atoms with Gasteiger partial charge in [0.1, 0.15) is 12.7 Å². The van der Waals surface area contributed by atoms with Crippen molar-refractivity contribution in [2.45, 2.75) is 32.4 Å². The zero-order valence-corrected chi connectivity index (χ0v) is 8.56. The van der Waals surface area contributed by atoms with Crippen LogP contribution in [0.25, 0.3) is 0 Å². The van der Waals surface area contributed by atoms with Gasteiger partial charge in [0.25, 0.3) is 0 Å². The monoisotopic (exact) mass is 198 g/mol. The Balaban J connectivity index is 2.20. The molecule has 0 spiro atoms. The van der Waals surface area contributed by atoms with Gasteiger partial charge in [-0.05, 0) is 19.4 Å². The Bertz CT molecular complexity index is 225. The molecule has 1 rings (SSSR count). The first-order chi connectivity index (χ1) is 6.86. The van der Waals surface area contributed by atoms with E-state index in [1.54, 1.807) is 11.0 Å². The molecule has 14 heavy (non-hydrogen) atoms. The molecule has 80 valence electrons. The Hall–Kier alpha value is -0.940. The first-order valence-electron chi connectivity index (χ1n) is 5.03. The summed E-state index contributed by atoms with van der Waals surface area (Å²) >= 11 is 0. The van der Waals surface area contributed by atoms with Crippen molar-refractivity contribution in [1.82, 2.24) is 20.1 Å². The van der Waals surface area contributed by atoms with E-state index in [0.717, 1.165) is 25.9 Å².